The molecular formula is C19H16FNO2. The Hall–Kier alpha value is -2.75. The third kappa shape index (κ3) is 3.21. The first-order valence-corrected chi connectivity index (χ1v) is 7.42. The molecule has 2 aromatic rings. The number of esters is 1. The average molecular weight is 309 g/mol. The van der Waals surface area contributed by atoms with E-state index < -0.39 is 11.8 Å². The van der Waals surface area contributed by atoms with E-state index in [-0.39, 0.29) is 17.2 Å². The Labute approximate surface area is 134 Å². The molecule has 0 atom stereocenters. The maximum atomic E-state index is 13.8. The molecule has 1 heterocycles. The summed E-state index contributed by atoms with van der Waals surface area (Å²) in [7, 11) is 0. The van der Waals surface area contributed by atoms with Crippen LogP contribution in [0.4, 0.5) is 4.39 Å². The summed E-state index contributed by atoms with van der Waals surface area (Å²) in [5.74, 6) is -0.602. The van der Waals surface area contributed by atoms with Gasteiger partial charge in [0.2, 0.25) is 5.90 Å². The van der Waals surface area contributed by atoms with E-state index in [0.29, 0.717) is 5.92 Å². The van der Waals surface area contributed by atoms with E-state index in [1.54, 1.807) is 18.2 Å². The molecule has 0 spiro atoms. The quantitative estimate of drug-likeness (QED) is 0.626. The number of carbonyl (C=O) groups excluding carboxylic acids is 1. The van der Waals surface area contributed by atoms with Gasteiger partial charge in [-0.2, -0.15) is 0 Å². The average Bonchev–Trinajstić information content (AvgIpc) is 2.89. The number of hydrogen-bond donors (Lipinski definition) is 0. The minimum Gasteiger partial charge on any atom is -0.402 e. The molecule has 1 aliphatic rings. The van der Waals surface area contributed by atoms with Crippen LogP contribution in [0.15, 0.2) is 59.2 Å². The zero-order chi connectivity index (χ0) is 16.4. The smallest absolute Gasteiger partial charge is 0.363 e. The maximum absolute atomic E-state index is 13.8. The van der Waals surface area contributed by atoms with Gasteiger partial charge in [0.05, 0.1) is 5.56 Å². The van der Waals surface area contributed by atoms with Crippen molar-refractivity contribution < 1.29 is 13.9 Å². The molecule has 0 saturated heterocycles. The number of nitrogens with zero attached hydrogens (tertiary/aromatic N) is 1. The summed E-state index contributed by atoms with van der Waals surface area (Å²) in [6, 6.07) is 13.9. The van der Waals surface area contributed by atoms with Crippen LogP contribution in [-0.2, 0) is 9.53 Å². The summed E-state index contributed by atoms with van der Waals surface area (Å²) in [5.41, 5.74) is 2.41. The minimum atomic E-state index is -0.573. The summed E-state index contributed by atoms with van der Waals surface area (Å²) < 4.78 is 18.8. The monoisotopic (exact) mass is 309 g/mol. The molecule has 3 rings (SSSR count). The normalized spacial score (nSPS) is 15.9. The standard InChI is InChI=1S/C19H16FNO2/c1-12(2)14-9-7-13(8-10-14)11-17-19(22)23-18(21-17)15-5-3-4-6-16(15)20/h3-12H,1-2H3. The van der Waals surface area contributed by atoms with Gasteiger partial charge >= 0.3 is 5.97 Å². The van der Waals surface area contributed by atoms with Crippen LogP contribution in [0.1, 0.15) is 36.5 Å². The van der Waals surface area contributed by atoms with Gasteiger partial charge in [-0.15, -0.1) is 0 Å². The summed E-state index contributed by atoms with van der Waals surface area (Å²) in [4.78, 5) is 16.0. The van der Waals surface area contributed by atoms with Crippen LogP contribution >= 0.6 is 0 Å². The second-order valence-electron chi connectivity index (χ2n) is 5.64. The Morgan fingerprint density at radius 2 is 1.78 bits per heavy atom. The molecule has 0 aliphatic carbocycles. The Balaban J connectivity index is 1.90. The first-order chi connectivity index (χ1) is 11.0. The fourth-order valence-electron chi connectivity index (χ4n) is 2.29. The number of aliphatic imine (C=N–C) groups is 1. The molecule has 0 N–H and O–H groups in total. The fourth-order valence-corrected chi connectivity index (χ4v) is 2.29. The molecule has 0 saturated carbocycles. The first-order valence-electron chi connectivity index (χ1n) is 7.42. The Bertz CT molecular complexity index is 804. The summed E-state index contributed by atoms with van der Waals surface area (Å²) in [6.45, 7) is 4.24. The number of benzene rings is 2. The van der Waals surface area contributed by atoms with Gasteiger partial charge in [0.25, 0.3) is 0 Å². The molecular weight excluding hydrogens is 293 g/mol. The molecule has 0 bridgehead atoms. The van der Waals surface area contributed by atoms with Crippen molar-refractivity contribution in [2.45, 2.75) is 19.8 Å². The number of hydrogen-bond acceptors (Lipinski definition) is 3. The Morgan fingerprint density at radius 3 is 2.43 bits per heavy atom. The van der Waals surface area contributed by atoms with Crippen LogP contribution in [-0.4, -0.2) is 11.9 Å². The van der Waals surface area contributed by atoms with Crippen molar-refractivity contribution in [2.75, 3.05) is 0 Å². The number of ether oxygens (including phenoxy) is 1. The van der Waals surface area contributed by atoms with Crippen LogP contribution in [0.3, 0.4) is 0 Å². The van der Waals surface area contributed by atoms with Crippen LogP contribution in [0.5, 0.6) is 0 Å². The highest BCUT2D eigenvalue weighted by Crippen LogP contribution is 2.21. The number of carbonyl (C=O) groups is 1. The zero-order valence-electron chi connectivity index (χ0n) is 12.9. The van der Waals surface area contributed by atoms with Crippen molar-refractivity contribution in [1.82, 2.24) is 0 Å². The van der Waals surface area contributed by atoms with Crippen molar-refractivity contribution >= 4 is 17.9 Å². The molecule has 0 fully saturated rings. The van der Waals surface area contributed by atoms with Crippen LogP contribution < -0.4 is 0 Å². The van der Waals surface area contributed by atoms with Gasteiger partial charge in [0, 0.05) is 0 Å². The topological polar surface area (TPSA) is 38.7 Å². The molecule has 0 aromatic heterocycles. The lowest BCUT2D eigenvalue weighted by Gasteiger charge is -2.04. The zero-order valence-corrected chi connectivity index (χ0v) is 12.9. The van der Waals surface area contributed by atoms with E-state index in [1.165, 1.54) is 17.7 Å². The van der Waals surface area contributed by atoms with E-state index in [2.05, 4.69) is 18.8 Å². The van der Waals surface area contributed by atoms with Crippen molar-refractivity contribution in [3.63, 3.8) is 0 Å². The van der Waals surface area contributed by atoms with Crippen molar-refractivity contribution in [2.24, 2.45) is 4.99 Å². The molecule has 23 heavy (non-hydrogen) atoms. The fraction of sp³-hybridized carbons (Fsp3) is 0.158. The van der Waals surface area contributed by atoms with E-state index in [1.807, 2.05) is 24.3 Å². The predicted molar refractivity (Wildman–Crippen MR) is 87.5 cm³/mol. The highest BCUT2D eigenvalue weighted by Gasteiger charge is 2.25. The van der Waals surface area contributed by atoms with Crippen LogP contribution in [0, 0.1) is 5.82 Å². The molecule has 4 heteroatoms. The van der Waals surface area contributed by atoms with Gasteiger partial charge in [0.1, 0.15) is 5.82 Å². The van der Waals surface area contributed by atoms with Gasteiger partial charge < -0.3 is 4.74 Å². The Morgan fingerprint density at radius 1 is 1.09 bits per heavy atom. The molecule has 0 amide bonds. The van der Waals surface area contributed by atoms with Crippen molar-refractivity contribution in [3.8, 4) is 0 Å². The van der Waals surface area contributed by atoms with Gasteiger partial charge in [-0.1, -0.05) is 50.2 Å². The summed E-state index contributed by atoms with van der Waals surface area (Å²) >= 11 is 0. The van der Waals surface area contributed by atoms with Gasteiger partial charge in [-0.05, 0) is 35.3 Å². The van der Waals surface area contributed by atoms with Gasteiger partial charge in [0.15, 0.2) is 5.70 Å². The van der Waals surface area contributed by atoms with Gasteiger partial charge in [-0.3, -0.25) is 0 Å². The van der Waals surface area contributed by atoms with E-state index >= 15 is 0 Å². The lowest BCUT2D eigenvalue weighted by molar-refractivity contribution is -0.129. The van der Waals surface area contributed by atoms with Crippen molar-refractivity contribution in [1.29, 1.82) is 0 Å². The molecule has 0 unspecified atom stereocenters. The lowest BCUT2D eigenvalue weighted by atomic mass is 10.0. The summed E-state index contributed by atoms with van der Waals surface area (Å²) in [5, 5.41) is 0. The summed E-state index contributed by atoms with van der Waals surface area (Å²) in [6.07, 6.45) is 1.64. The van der Waals surface area contributed by atoms with Gasteiger partial charge in [-0.25, -0.2) is 14.2 Å². The largest absolute Gasteiger partial charge is 0.402 e. The molecule has 2 aromatic carbocycles. The minimum absolute atomic E-state index is 0.00171. The van der Waals surface area contributed by atoms with Crippen LogP contribution in [0.2, 0.25) is 0 Å². The van der Waals surface area contributed by atoms with E-state index in [4.69, 9.17) is 4.74 Å². The second kappa shape index (κ2) is 6.16. The highest BCUT2D eigenvalue weighted by atomic mass is 19.1. The van der Waals surface area contributed by atoms with Crippen molar-refractivity contribution in [3.05, 3.63) is 76.7 Å². The third-order valence-electron chi connectivity index (χ3n) is 3.63. The van der Waals surface area contributed by atoms with E-state index in [9.17, 15) is 9.18 Å². The Kier molecular flexibility index (Phi) is 4.06. The third-order valence-corrected chi connectivity index (χ3v) is 3.63. The number of rotatable bonds is 3. The molecule has 0 radical (unpaired) electrons. The highest BCUT2D eigenvalue weighted by molar-refractivity contribution is 6.12. The molecule has 3 nitrogen and oxygen atoms in total. The second-order valence-corrected chi connectivity index (χ2v) is 5.64. The number of cyclic esters (lactones) is 1. The van der Waals surface area contributed by atoms with Crippen LogP contribution in [0.25, 0.3) is 6.08 Å². The SMILES string of the molecule is CC(C)c1ccc(C=C2N=C(c3ccccc3F)OC2=O)cc1. The van der Waals surface area contributed by atoms with E-state index in [0.717, 1.165) is 5.56 Å². The number of halogens is 1. The predicted octanol–water partition coefficient (Wildman–Crippen LogP) is 4.29. The maximum Gasteiger partial charge on any atom is 0.363 e. The molecule has 116 valence electrons. The first kappa shape index (κ1) is 15.2. The molecule has 1 aliphatic heterocycles. The lowest BCUT2D eigenvalue weighted by Crippen LogP contribution is -2.07.